The summed E-state index contributed by atoms with van der Waals surface area (Å²) in [6, 6.07) is 6.92. The Kier molecular flexibility index (Phi) is 6.30. The van der Waals surface area contributed by atoms with E-state index in [-0.39, 0.29) is 12.0 Å². The van der Waals surface area contributed by atoms with E-state index in [2.05, 4.69) is 5.32 Å². The maximum absolute atomic E-state index is 11.8. The van der Waals surface area contributed by atoms with E-state index >= 15 is 0 Å². The Hall–Kier alpha value is -1.10. The first-order valence-electron chi connectivity index (χ1n) is 6.99. The summed E-state index contributed by atoms with van der Waals surface area (Å²) in [5, 5.41) is 3.41. The Balaban J connectivity index is 1.55. The maximum atomic E-state index is 11.8. The molecule has 110 valence electrons. The summed E-state index contributed by atoms with van der Waals surface area (Å²) in [6.07, 6.45) is 3.27. The number of rotatable bonds is 7. The highest BCUT2D eigenvalue weighted by molar-refractivity contribution is 6.30. The molecule has 1 saturated heterocycles. The number of nitrogens with one attached hydrogen (secondary N) is 1. The molecule has 1 amide bonds. The molecule has 5 heteroatoms. The highest BCUT2D eigenvalue weighted by Crippen LogP contribution is 2.12. The second-order valence-corrected chi connectivity index (χ2v) is 5.27. The monoisotopic (exact) mass is 297 g/mol. The fourth-order valence-electron chi connectivity index (χ4n) is 2.10. The van der Waals surface area contributed by atoms with Gasteiger partial charge in [0.2, 0.25) is 0 Å². The second kappa shape index (κ2) is 8.25. The molecule has 1 heterocycles. The summed E-state index contributed by atoms with van der Waals surface area (Å²) < 4.78 is 11.0. The fraction of sp³-hybridized carbons (Fsp3) is 0.533. The molecule has 20 heavy (non-hydrogen) atoms. The standard InChI is InChI=1S/C15H20ClNO3/c16-13-5-1-4-12(10-13)15(18)17-7-3-8-19-11-14-6-2-9-20-14/h1,4-5,10,14H,2-3,6-9,11H2,(H,17,18). The van der Waals surface area contributed by atoms with Crippen LogP contribution in [-0.2, 0) is 9.47 Å². The Bertz CT molecular complexity index is 433. The Morgan fingerprint density at radius 1 is 1.50 bits per heavy atom. The van der Waals surface area contributed by atoms with Crippen LogP contribution in [0.3, 0.4) is 0 Å². The third kappa shape index (κ3) is 5.12. The molecule has 2 rings (SSSR count). The molecule has 0 aliphatic carbocycles. The Morgan fingerprint density at radius 3 is 3.15 bits per heavy atom. The van der Waals surface area contributed by atoms with Crippen LogP contribution in [0.4, 0.5) is 0 Å². The summed E-state index contributed by atoms with van der Waals surface area (Å²) >= 11 is 5.84. The van der Waals surface area contributed by atoms with Crippen LogP contribution in [0.2, 0.25) is 5.02 Å². The van der Waals surface area contributed by atoms with Gasteiger partial charge in [-0.05, 0) is 37.5 Å². The minimum absolute atomic E-state index is 0.105. The molecule has 0 bridgehead atoms. The van der Waals surface area contributed by atoms with Crippen molar-refractivity contribution in [3.8, 4) is 0 Å². The van der Waals surface area contributed by atoms with Crippen molar-refractivity contribution < 1.29 is 14.3 Å². The topological polar surface area (TPSA) is 47.6 Å². The van der Waals surface area contributed by atoms with Gasteiger partial charge < -0.3 is 14.8 Å². The average molecular weight is 298 g/mol. The lowest BCUT2D eigenvalue weighted by Crippen LogP contribution is -2.25. The number of ether oxygens (including phenoxy) is 2. The van der Waals surface area contributed by atoms with Crippen LogP contribution in [0.25, 0.3) is 0 Å². The molecule has 1 unspecified atom stereocenters. The van der Waals surface area contributed by atoms with Gasteiger partial charge in [0, 0.05) is 30.3 Å². The largest absolute Gasteiger partial charge is 0.379 e. The summed E-state index contributed by atoms with van der Waals surface area (Å²) in [7, 11) is 0. The van der Waals surface area contributed by atoms with Crippen LogP contribution in [0.15, 0.2) is 24.3 Å². The van der Waals surface area contributed by atoms with E-state index < -0.39 is 0 Å². The van der Waals surface area contributed by atoms with Crippen molar-refractivity contribution >= 4 is 17.5 Å². The minimum Gasteiger partial charge on any atom is -0.379 e. The third-order valence-corrected chi connectivity index (χ3v) is 3.40. The van der Waals surface area contributed by atoms with Gasteiger partial charge in [0.1, 0.15) is 0 Å². The van der Waals surface area contributed by atoms with Crippen LogP contribution < -0.4 is 5.32 Å². The van der Waals surface area contributed by atoms with Gasteiger partial charge in [-0.2, -0.15) is 0 Å². The molecule has 4 nitrogen and oxygen atoms in total. The second-order valence-electron chi connectivity index (χ2n) is 4.83. The van der Waals surface area contributed by atoms with E-state index in [0.29, 0.717) is 30.3 Å². The number of amides is 1. The van der Waals surface area contributed by atoms with Crippen molar-refractivity contribution in [2.75, 3.05) is 26.4 Å². The molecule has 0 aromatic heterocycles. The molecule has 1 aromatic carbocycles. The molecule has 1 fully saturated rings. The lowest BCUT2D eigenvalue weighted by atomic mass is 10.2. The first kappa shape index (κ1) is 15.3. The van der Waals surface area contributed by atoms with Gasteiger partial charge in [-0.1, -0.05) is 17.7 Å². The number of hydrogen-bond donors (Lipinski definition) is 1. The summed E-state index contributed by atoms with van der Waals surface area (Å²) in [5.41, 5.74) is 0.581. The minimum atomic E-state index is -0.105. The third-order valence-electron chi connectivity index (χ3n) is 3.17. The summed E-state index contributed by atoms with van der Waals surface area (Å²) in [4.78, 5) is 11.8. The summed E-state index contributed by atoms with van der Waals surface area (Å²) in [5.74, 6) is -0.105. The predicted octanol–water partition coefficient (Wildman–Crippen LogP) is 2.66. The SMILES string of the molecule is O=C(NCCCOCC1CCCO1)c1cccc(Cl)c1. The van der Waals surface area contributed by atoms with E-state index in [0.717, 1.165) is 25.9 Å². The van der Waals surface area contributed by atoms with Crippen LogP contribution >= 0.6 is 11.6 Å². The zero-order valence-electron chi connectivity index (χ0n) is 11.4. The Morgan fingerprint density at radius 2 is 2.40 bits per heavy atom. The molecule has 1 aliphatic heterocycles. The van der Waals surface area contributed by atoms with E-state index in [1.807, 2.05) is 0 Å². The number of halogens is 1. The van der Waals surface area contributed by atoms with Gasteiger partial charge in [0.15, 0.2) is 0 Å². The lowest BCUT2D eigenvalue weighted by molar-refractivity contribution is 0.0166. The summed E-state index contributed by atoms with van der Waals surface area (Å²) in [6.45, 7) is 2.73. The van der Waals surface area contributed by atoms with Crippen molar-refractivity contribution in [3.63, 3.8) is 0 Å². The molecular formula is C15H20ClNO3. The van der Waals surface area contributed by atoms with Crippen LogP contribution in [0.1, 0.15) is 29.6 Å². The highest BCUT2D eigenvalue weighted by atomic mass is 35.5. The highest BCUT2D eigenvalue weighted by Gasteiger charge is 2.14. The number of benzene rings is 1. The molecule has 1 aromatic rings. The van der Waals surface area contributed by atoms with Gasteiger partial charge in [0.05, 0.1) is 12.7 Å². The van der Waals surface area contributed by atoms with E-state index in [1.165, 1.54) is 0 Å². The zero-order chi connectivity index (χ0) is 14.2. The van der Waals surface area contributed by atoms with Gasteiger partial charge in [-0.15, -0.1) is 0 Å². The van der Waals surface area contributed by atoms with Crippen molar-refractivity contribution in [1.29, 1.82) is 0 Å². The van der Waals surface area contributed by atoms with E-state index in [1.54, 1.807) is 24.3 Å². The van der Waals surface area contributed by atoms with E-state index in [9.17, 15) is 4.79 Å². The molecule has 1 aliphatic rings. The smallest absolute Gasteiger partial charge is 0.251 e. The van der Waals surface area contributed by atoms with Gasteiger partial charge in [-0.3, -0.25) is 4.79 Å². The molecule has 1 atom stereocenters. The molecule has 0 spiro atoms. The number of carbonyl (C=O) groups excluding carboxylic acids is 1. The fourth-order valence-corrected chi connectivity index (χ4v) is 2.29. The maximum Gasteiger partial charge on any atom is 0.251 e. The van der Waals surface area contributed by atoms with Crippen molar-refractivity contribution in [3.05, 3.63) is 34.9 Å². The normalized spacial score (nSPS) is 18.1. The molecule has 1 N–H and O–H groups in total. The Labute approximate surface area is 124 Å². The first-order chi connectivity index (χ1) is 9.75. The number of hydrogen-bond acceptors (Lipinski definition) is 3. The van der Waals surface area contributed by atoms with Crippen LogP contribution in [0, 0.1) is 0 Å². The number of carbonyl (C=O) groups is 1. The molecule has 0 saturated carbocycles. The quantitative estimate of drug-likeness (QED) is 0.787. The predicted molar refractivity (Wildman–Crippen MR) is 78.2 cm³/mol. The van der Waals surface area contributed by atoms with E-state index in [4.69, 9.17) is 21.1 Å². The molecular weight excluding hydrogens is 278 g/mol. The molecule has 0 radical (unpaired) electrons. The van der Waals surface area contributed by atoms with Gasteiger partial charge in [0.25, 0.3) is 5.91 Å². The zero-order valence-corrected chi connectivity index (χ0v) is 12.2. The van der Waals surface area contributed by atoms with Crippen molar-refractivity contribution in [1.82, 2.24) is 5.32 Å². The van der Waals surface area contributed by atoms with Crippen LogP contribution in [-0.4, -0.2) is 38.4 Å². The van der Waals surface area contributed by atoms with Gasteiger partial charge >= 0.3 is 0 Å². The van der Waals surface area contributed by atoms with Crippen molar-refractivity contribution in [2.24, 2.45) is 0 Å². The van der Waals surface area contributed by atoms with Gasteiger partial charge in [-0.25, -0.2) is 0 Å². The van der Waals surface area contributed by atoms with Crippen molar-refractivity contribution in [2.45, 2.75) is 25.4 Å². The van der Waals surface area contributed by atoms with Crippen LogP contribution in [0.5, 0.6) is 0 Å². The first-order valence-corrected chi connectivity index (χ1v) is 7.36. The average Bonchev–Trinajstić information content (AvgIpc) is 2.95. The lowest BCUT2D eigenvalue weighted by Gasteiger charge is -2.10.